The summed E-state index contributed by atoms with van der Waals surface area (Å²) in [6, 6.07) is 11.3. The molecule has 1 fully saturated rings. The molecule has 3 heteroatoms. The number of hydrogen-bond acceptors (Lipinski definition) is 3. The first kappa shape index (κ1) is 16.5. The number of nitrogens with one attached hydrogen (secondary N) is 1. The molecule has 1 heterocycles. The molecule has 1 aromatic carbocycles. The van der Waals surface area contributed by atoms with E-state index in [1.807, 2.05) is 0 Å². The molecule has 0 bridgehead atoms. The Morgan fingerprint density at radius 2 is 2.05 bits per heavy atom. The first-order chi connectivity index (χ1) is 10.2. The molecule has 0 radical (unpaired) electrons. The SMILES string of the molecule is CCNC(c1ccccc1)C(C)CN1CCOC(CC)C1. The van der Waals surface area contributed by atoms with E-state index in [2.05, 4.69) is 61.3 Å². The molecule has 0 aliphatic carbocycles. The zero-order valence-corrected chi connectivity index (χ0v) is 13.7. The van der Waals surface area contributed by atoms with Crippen molar-refractivity contribution in [3.8, 4) is 0 Å². The van der Waals surface area contributed by atoms with E-state index in [1.165, 1.54) is 5.56 Å². The van der Waals surface area contributed by atoms with Gasteiger partial charge in [-0.25, -0.2) is 0 Å². The molecule has 3 atom stereocenters. The topological polar surface area (TPSA) is 24.5 Å². The van der Waals surface area contributed by atoms with Crippen molar-refractivity contribution < 1.29 is 4.74 Å². The number of ether oxygens (including phenoxy) is 1. The molecule has 1 N–H and O–H groups in total. The first-order valence-electron chi connectivity index (χ1n) is 8.36. The van der Waals surface area contributed by atoms with Crippen molar-refractivity contribution in [2.24, 2.45) is 5.92 Å². The average Bonchev–Trinajstić information content (AvgIpc) is 2.53. The molecule has 0 spiro atoms. The van der Waals surface area contributed by atoms with Gasteiger partial charge in [0.2, 0.25) is 0 Å². The van der Waals surface area contributed by atoms with Gasteiger partial charge in [0.1, 0.15) is 0 Å². The third-order valence-corrected chi connectivity index (χ3v) is 4.38. The van der Waals surface area contributed by atoms with Gasteiger partial charge in [0.15, 0.2) is 0 Å². The summed E-state index contributed by atoms with van der Waals surface area (Å²) >= 11 is 0. The molecule has 2 rings (SSSR count). The van der Waals surface area contributed by atoms with Gasteiger partial charge >= 0.3 is 0 Å². The fourth-order valence-electron chi connectivity index (χ4n) is 3.23. The van der Waals surface area contributed by atoms with Crippen LogP contribution >= 0.6 is 0 Å². The summed E-state index contributed by atoms with van der Waals surface area (Å²) in [5.41, 5.74) is 1.40. The van der Waals surface area contributed by atoms with Crippen molar-refractivity contribution in [1.29, 1.82) is 0 Å². The Morgan fingerprint density at radius 3 is 2.71 bits per heavy atom. The van der Waals surface area contributed by atoms with Crippen LogP contribution in [0.25, 0.3) is 0 Å². The summed E-state index contributed by atoms with van der Waals surface area (Å²) in [5.74, 6) is 0.586. The lowest BCUT2D eigenvalue weighted by atomic mass is 9.93. The minimum Gasteiger partial charge on any atom is -0.376 e. The van der Waals surface area contributed by atoms with E-state index >= 15 is 0 Å². The maximum Gasteiger partial charge on any atom is 0.0700 e. The Morgan fingerprint density at radius 1 is 1.29 bits per heavy atom. The van der Waals surface area contributed by atoms with Crippen molar-refractivity contribution in [3.63, 3.8) is 0 Å². The van der Waals surface area contributed by atoms with E-state index in [1.54, 1.807) is 0 Å². The van der Waals surface area contributed by atoms with Crippen LogP contribution in [0.15, 0.2) is 30.3 Å². The standard InChI is InChI=1S/C18H30N2O/c1-4-17-14-20(11-12-21-17)13-15(3)18(19-5-2)16-9-7-6-8-10-16/h6-10,15,17-19H,4-5,11-14H2,1-3H3. The Kier molecular flexibility index (Phi) is 6.68. The lowest BCUT2D eigenvalue weighted by molar-refractivity contribution is -0.0348. The molecule has 3 nitrogen and oxygen atoms in total. The lowest BCUT2D eigenvalue weighted by Gasteiger charge is -2.36. The highest BCUT2D eigenvalue weighted by Gasteiger charge is 2.24. The van der Waals surface area contributed by atoms with Gasteiger partial charge in [-0.3, -0.25) is 4.90 Å². The molecule has 1 aliphatic heterocycles. The summed E-state index contributed by atoms with van der Waals surface area (Å²) in [6.07, 6.45) is 1.53. The number of rotatable bonds is 7. The van der Waals surface area contributed by atoms with Crippen LogP contribution in [0.2, 0.25) is 0 Å². The van der Waals surface area contributed by atoms with Gasteiger partial charge in [0.05, 0.1) is 12.7 Å². The molecule has 1 aromatic rings. The van der Waals surface area contributed by atoms with E-state index in [4.69, 9.17) is 4.74 Å². The van der Waals surface area contributed by atoms with Crippen LogP contribution in [0.4, 0.5) is 0 Å². The molecular weight excluding hydrogens is 260 g/mol. The summed E-state index contributed by atoms with van der Waals surface area (Å²) in [4.78, 5) is 2.57. The Labute approximate surface area is 129 Å². The number of morpholine rings is 1. The second-order valence-corrected chi connectivity index (χ2v) is 6.08. The molecule has 1 aliphatic rings. The maximum atomic E-state index is 5.77. The van der Waals surface area contributed by atoms with Crippen molar-refractivity contribution in [1.82, 2.24) is 10.2 Å². The van der Waals surface area contributed by atoms with Crippen molar-refractivity contribution in [2.45, 2.75) is 39.3 Å². The molecule has 118 valence electrons. The van der Waals surface area contributed by atoms with Gasteiger partial charge in [-0.05, 0) is 24.4 Å². The summed E-state index contributed by atoms with van der Waals surface area (Å²) in [6.45, 7) is 11.9. The zero-order chi connectivity index (χ0) is 15.1. The second-order valence-electron chi connectivity index (χ2n) is 6.08. The summed E-state index contributed by atoms with van der Waals surface area (Å²) < 4.78 is 5.77. The van der Waals surface area contributed by atoms with Crippen LogP contribution in [-0.2, 0) is 4.74 Å². The molecule has 0 amide bonds. The van der Waals surface area contributed by atoms with E-state index in [0.29, 0.717) is 18.1 Å². The minimum atomic E-state index is 0.417. The van der Waals surface area contributed by atoms with Crippen molar-refractivity contribution in [2.75, 3.05) is 32.8 Å². The fraction of sp³-hybridized carbons (Fsp3) is 0.667. The highest BCUT2D eigenvalue weighted by Crippen LogP contribution is 2.23. The van der Waals surface area contributed by atoms with E-state index in [0.717, 1.165) is 39.2 Å². The maximum absolute atomic E-state index is 5.77. The Hall–Kier alpha value is -0.900. The zero-order valence-electron chi connectivity index (χ0n) is 13.7. The third-order valence-electron chi connectivity index (χ3n) is 4.38. The van der Waals surface area contributed by atoms with Crippen LogP contribution in [0.1, 0.15) is 38.8 Å². The van der Waals surface area contributed by atoms with Gasteiger partial charge in [0, 0.05) is 25.7 Å². The van der Waals surface area contributed by atoms with Crippen LogP contribution in [0.5, 0.6) is 0 Å². The van der Waals surface area contributed by atoms with Gasteiger partial charge in [-0.2, -0.15) is 0 Å². The highest BCUT2D eigenvalue weighted by atomic mass is 16.5. The average molecular weight is 290 g/mol. The first-order valence-corrected chi connectivity index (χ1v) is 8.36. The van der Waals surface area contributed by atoms with Crippen LogP contribution in [0.3, 0.4) is 0 Å². The largest absolute Gasteiger partial charge is 0.376 e. The van der Waals surface area contributed by atoms with Crippen LogP contribution in [0, 0.1) is 5.92 Å². The highest BCUT2D eigenvalue weighted by molar-refractivity contribution is 5.19. The van der Waals surface area contributed by atoms with Gasteiger partial charge < -0.3 is 10.1 Å². The van der Waals surface area contributed by atoms with Crippen molar-refractivity contribution >= 4 is 0 Å². The monoisotopic (exact) mass is 290 g/mol. The third kappa shape index (κ3) is 4.80. The van der Waals surface area contributed by atoms with Gasteiger partial charge in [-0.15, -0.1) is 0 Å². The number of benzene rings is 1. The molecule has 0 aromatic heterocycles. The van der Waals surface area contributed by atoms with Gasteiger partial charge in [-0.1, -0.05) is 51.1 Å². The number of nitrogens with zero attached hydrogens (tertiary/aromatic N) is 1. The van der Waals surface area contributed by atoms with Crippen molar-refractivity contribution in [3.05, 3.63) is 35.9 Å². The molecule has 0 saturated carbocycles. The predicted molar refractivity (Wildman–Crippen MR) is 88.5 cm³/mol. The lowest BCUT2D eigenvalue weighted by Crippen LogP contribution is -2.45. The van der Waals surface area contributed by atoms with Crippen LogP contribution < -0.4 is 5.32 Å². The minimum absolute atomic E-state index is 0.417. The Bertz CT molecular complexity index is 395. The second kappa shape index (κ2) is 8.52. The van der Waals surface area contributed by atoms with E-state index in [-0.39, 0.29) is 0 Å². The summed E-state index contributed by atoms with van der Waals surface area (Å²) in [5, 5.41) is 3.66. The predicted octanol–water partition coefficient (Wildman–Crippen LogP) is 3.08. The van der Waals surface area contributed by atoms with E-state index < -0.39 is 0 Å². The molecular formula is C18H30N2O. The van der Waals surface area contributed by atoms with Crippen LogP contribution in [-0.4, -0.2) is 43.8 Å². The fourth-order valence-corrected chi connectivity index (χ4v) is 3.23. The smallest absolute Gasteiger partial charge is 0.0700 e. The van der Waals surface area contributed by atoms with E-state index in [9.17, 15) is 0 Å². The Balaban J connectivity index is 1.97. The van der Waals surface area contributed by atoms with Gasteiger partial charge in [0.25, 0.3) is 0 Å². The molecule has 3 unspecified atom stereocenters. The summed E-state index contributed by atoms with van der Waals surface area (Å²) in [7, 11) is 0. The quantitative estimate of drug-likeness (QED) is 0.835. The molecule has 1 saturated heterocycles. The molecule has 21 heavy (non-hydrogen) atoms. The number of hydrogen-bond donors (Lipinski definition) is 1. The normalized spacial score (nSPS) is 22.9.